The molecule has 134 valence electrons. The van der Waals surface area contributed by atoms with Crippen LogP contribution in [0.4, 0.5) is 0 Å². The average molecular weight is 326 g/mol. The van der Waals surface area contributed by atoms with Crippen molar-refractivity contribution in [1.29, 1.82) is 0 Å². The highest BCUT2D eigenvalue weighted by molar-refractivity contribution is 5.85. The highest BCUT2D eigenvalue weighted by Gasteiger charge is 2.21. The van der Waals surface area contributed by atoms with Crippen LogP contribution in [0.15, 0.2) is 4.99 Å². The minimum atomic E-state index is -0.220. The monoisotopic (exact) mass is 325 g/mol. The van der Waals surface area contributed by atoms with Gasteiger partial charge in [-0.05, 0) is 54.4 Å². The van der Waals surface area contributed by atoms with Gasteiger partial charge in [-0.15, -0.1) is 0 Å². The first-order valence-electron chi connectivity index (χ1n) is 8.81. The van der Waals surface area contributed by atoms with E-state index in [9.17, 15) is 4.79 Å². The van der Waals surface area contributed by atoms with Gasteiger partial charge in [0.15, 0.2) is 5.96 Å². The van der Waals surface area contributed by atoms with E-state index in [4.69, 9.17) is 0 Å². The van der Waals surface area contributed by atoms with Gasteiger partial charge in [-0.1, -0.05) is 0 Å². The Morgan fingerprint density at radius 3 is 2.35 bits per heavy atom. The zero-order chi connectivity index (χ0) is 17.5. The number of rotatable bonds is 5. The van der Waals surface area contributed by atoms with Crippen LogP contribution in [0.5, 0.6) is 0 Å². The first-order valence-corrected chi connectivity index (χ1v) is 8.81. The number of carbonyl (C=O) groups excluding carboxylic acids is 1. The molecular weight excluding hydrogens is 290 g/mol. The number of nitrogens with zero attached hydrogens (tertiary/aromatic N) is 2. The molecule has 3 N–H and O–H groups in total. The number of nitrogens with one attached hydrogen (secondary N) is 3. The van der Waals surface area contributed by atoms with Gasteiger partial charge < -0.3 is 20.9 Å². The van der Waals surface area contributed by atoms with Crippen LogP contribution in [0.25, 0.3) is 0 Å². The summed E-state index contributed by atoms with van der Waals surface area (Å²) in [7, 11) is 0. The molecule has 6 nitrogen and oxygen atoms in total. The molecule has 0 spiro atoms. The van der Waals surface area contributed by atoms with Crippen LogP contribution in [-0.4, -0.2) is 60.6 Å². The van der Waals surface area contributed by atoms with E-state index in [0.717, 1.165) is 38.4 Å². The van der Waals surface area contributed by atoms with E-state index >= 15 is 0 Å². The molecule has 0 bridgehead atoms. The smallest absolute Gasteiger partial charge is 0.242 e. The molecule has 0 aliphatic carbocycles. The summed E-state index contributed by atoms with van der Waals surface area (Å²) in [5, 5.41) is 9.62. The normalized spacial score (nSPS) is 18.1. The van der Waals surface area contributed by atoms with Crippen LogP contribution in [0.2, 0.25) is 0 Å². The molecule has 0 aromatic rings. The molecule has 0 radical (unpaired) electrons. The molecule has 1 aliphatic rings. The van der Waals surface area contributed by atoms with Gasteiger partial charge in [0.05, 0.1) is 0 Å². The number of carbonyl (C=O) groups is 1. The lowest BCUT2D eigenvalue weighted by Gasteiger charge is -2.35. The molecule has 6 heteroatoms. The topological polar surface area (TPSA) is 68.8 Å². The van der Waals surface area contributed by atoms with Crippen molar-refractivity contribution in [3.63, 3.8) is 0 Å². The second kappa shape index (κ2) is 9.11. The third kappa shape index (κ3) is 8.21. The van der Waals surface area contributed by atoms with Crippen LogP contribution < -0.4 is 16.0 Å². The minimum absolute atomic E-state index is 0.0515. The summed E-state index contributed by atoms with van der Waals surface area (Å²) >= 11 is 0. The van der Waals surface area contributed by atoms with Gasteiger partial charge in [0, 0.05) is 37.3 Å². The fourth-order valence-electron chi connectivity index (χ4n) is 2.68. The van der Waals surface area contributed by atoms with E-state index in [1.54, 1.807) is 0 Å². The molecule has 1 saturated heterocycles. The molecule has 1 amide bonds. The van der Waals surface area contributed by atoms with Crippen molar-refractivity contribution in [1.82, 2.24) is 20.9 Å². The molecule has 0 unspecified atom stereocenters. The maximum atomic E-state index is 11.9. The first kappa shape index (κ1) is 19.7. The Morgan fingerprint density at radius 2 is 1.87 bits per heavy atom. The van der Waals surface area contributed by atoms with E-state index in [0.29, 0.717) is 12.1 Å². The molecule has 1 rings (SSSR count). The van der Waals surface area contributed by atoms with Gasteiger partial charge in [-0.3, -0.25) is 4.79 Å². The third-order valence-corrected chi connectivity index (χ3v) is 3.84. The summed E-state index contributed by atoms with van der Waals surface area (Å²) in [6, 6.07) is 1.03. The van der Waals surface area contributed by atoms with Gasteiger partial charge in [-0.25, -0.2) is 4.99 Å². The number of piperidine rings is 1. The van der Waals surface area contributed by atoms with Crippen molar-refractivity contribution in [2.24, 2.45) is 4.99 Å². The summed E-state index contributed by atoms with van der Waals surface area (Å²) in [4.78, 5) is 18.8. The van der Waals surface area contributed by atoms with Crippen molar-refractivity contribution in [2.75, 3.05) is 26.2 Å². The lowest BCUT2D eigenvalue weighted by atomic mass is 10.0. The van der Waals surface area contributed by atoms with Crippen LogP contribution in [0.3, 0.4) is 0 Å². The zero-order valence-corrected chi connectivity index (χ0v) is 15.7. The van der Waals surface area contributed by atoms with Crippen molar-refractivity contribution >= 4 is 11.9 Å². The van der Waals surface area contributed by atoms with Crippen molar-refractivity contribution in [3.05, 3.63) is 0 Å². The Hall–Kier alpha value is -1.30. The molecule has 0 atom stereocenters. The Bertz CT molecular complexity index is 392. The highest BCUT2D eigenvalue weighted by Crippen LogP contribution is 2.12. The van der Waals surface area contributed by atoms with Crippen molar-refractivity contribution in [3.8, 4) is 0 Å². The van der Waals surface area contributed by atoms with Gasteiger partial charge in [0.25, 0.3) is 0 Å². The third-order valence-electron chi connectivity index (χ3n) is 3.84. The average Bonchev–Trinajstić information content (AvgIpc) is 2.44. The lowest BCUT2D eigenvalue weighted by Crippen LogP contribution is -2.50. The van der Waals surface area contributed by atoms with Crippen molar-refractivity contribution in [2.45, 2.75) is 72.0 Å². The SMILES string of the molecule is CCNC(=NCC(=O)NC(C)(C)C)NC1CCN(C(C)C)CC1. The van der Waals surface area contributed by atoms with Gasteiger partial charge in [-0.2, -0.15) is 0 Å². The lowest BCUT2D eigenvalue weighted by molar-refractivity contribution is -0.121. The molecule has 0 aromatic carbocycles. The fraction of sp³-hybridized carbons (Fsp3) is 0.882. The van der Waals surface area contributed by atoms with Crippen LogP contribution in [0, 0.1) is 0 Å². The second-order valence-corrected chi connectivity index (χ2v) is 7.54. The number of aliphatic imine (C=N–C) groups is 1. The first-order chi connectivity index (χ1) is 10.7. The standard InChI is InChI=1S/C17H35N5O/c1-7-18-16(19-12-15(23)21-17(4,5)6)20-14-8-10-22(11-9-14)13(2)3/h13-14H,7-12H2,1-6H3,(H,21,23)(H2,18,19,20). The number of guanidine groups is 1. The molecule has 23 heavy (non-hydrogen) atoms. The Morgan fingerprint density at radius 1 is 1.26 bits per heavy atom. The zero-order valence-electron chi connectivity index (χ0n) is 15.7. The number of hydrogen-bond acceptors (Lipinski definition) is 3. The summed E-state index contributed by atoms with van der Waals surface area (Å²) in [6.45, 7) is 15.6. The number of likely N-dealkylation sites (tertiary alicyclic amines) is 1. The van der Waals surface area contributed by atoms with E-state index < -0.39 is 0 Å². The van der Waals surface area contributed by atoms with Crippen LogP contribution in [-0.2, 0) is 4.79 Å². The van der Waals surface area contributed by atoms with E-state index in [-0.39, 0.29) is 18.0 Å². The predicted molar refractivity (Wildman–Crippen MR) is 96.7 cm³/mol. The van der Waals surface area contributed by atoms with E-state index in [1.807, 2.05) is 27.7 Å². The quantitative estimate of drug-likeness (QED) is 0.527. The Balaban J connectivity index is 2.48. The van der Waals surface area contributed by atoms with Gasteiger partial charge >= 0.3 is 0 Å². The van der Waals surface area contributed by atoms with E-state index in [1.165, 1.54) is 0 Å². The largest absolute Gasteiger partial charge is 0.357 e. The molecule has 0 aromatic heterocycles. The second-order valence-electron chi connectivity index (χ2n) is 7.54. The maximum Gasteiger partial charge on any atom is 0.242 e. The molecule has 1 fully saturated rings. The Labute approximate surface area is 141 Å². The summed E-state index contributed by atoms with van der Waals surface area (Å²) < 4.78 is 0. The van der Waals surface area contributed by atoms with E-state index in [2.05, 4.69) is 39.7 Å². The van der Waals surface area contributed by atoms with Crippen molar-refractivity contribution < 1.29 is 4.79 Å². The summed E-state index contributed by atoms with van der Waals surface area (Å²) in [5.41, 5.74) is -0.220. The maximum absolute atomic E-state index is 11.9. The van der Waals surface area contributed by atoms with Gasteiger partial charge in [0.2, 0.25) is 5.91 Å². The van der Waals surface area contributed by atoms with Crippen LogP contribution in [0.1, 0.15) is 54.4 Å². The highest BCUT2D eigenvalue weighted by atomic mass is 16.2. The summed E-state index contributed by atoms with van der Waals surface area (Å²) in [5.74, 6) is 0.684. The summed E-state index contributed by atoms with van der Waals surface area (Å²) in [6.07, 6.45) is 2.22. The molecule has 1 heterocycles. The fourth-order valence-corrected chi connectivity index (χ4v) is 2.68. The minimum Gasteiger partial charge on any atom is -0.357 e. The number of hydrogen-bond donors (Lipinski definition) is 3. The van der Waals surface area contributed by atoms with Crippen LogP contribution >= 0.6 is 0 Å². The van der Waals surface area contributed by atoms with Gasteiger partial charge in [0.1, 0.15) is 6.54 Å². The molecule has 0 saturated carbocycles. The molecule has 1 aliphatic heterocycles. The molecular formula is C17H35N5O. The Kier molecular flexibility index (Phi) is 7.82. The predicted octanol–water partition coefficient (Wildman–Crippen LogP) is 1.33. The number of amides is 1.